The van der Waals surface area contributed by atoms with Gasteiger partial charge in [-0.15, -0.1) is 0 Å². The van der Waals surface area contributed by atoms with E-state index in [0.29, 0.717) is 25.4 Å². The van der Waals surface area contributed by atoms with Gasteiger partial charge in [-0.3, -0.25) is 9.48 Å². The third-order valence-electron chi connectivity index (χ3n) is 5.69. The second-order valence-electron chi connectivity index (χ2n) is 7.93. The van der Waals surface area contributed by atoms with Gasteiger partial charge in [0.05, 0.1) is 24.1 Å². The Morgan fingerprint density at radius 2 is 1.91 bits per heavy atom. The Kier molecular flexibility index (Phi) is 6.36. The fraction of sp³-hybridized carbons (Fsp3) is 0.391. The molecule has 3 heterocycles. The minimum absolute atomic E-state index is 0.0419. The number of imide groups is 1. The Bertz CT molecular complexity index is 1100. The molecule has 0 atom stereocenters. The van der Waals surface area contributed by atoms with Crippen molar-refractivity contribution in [3.63, 3.8) is 0 Å². The van der Waals surface area contributed by atoms with Crippen LogP contribution in [0.25, 0.3) is 0 Å². The van der Waals surface area contributed by atoms with Crippen molar-refractivity contribution < 1.29 is 18.8 Å². The van der Waals surface area contributed by atoms with Gasteiger partial charge in [0.1, 0.15) is 12.3 Å². The summed E-state index contributed by atoms with van der Waals surface area (Å²) in [7, 11) is 1.69. The van der Waals surface area contributed by atoms with E-state index in [-0.39, 0.29) is 18.5 Å². The second-order valence-corrected chi connectivity index (χ2v) is 7.93. The van der Waals surface area contributed by atoms with Crippen LogP contribution in [0, 0.1) is 13.8 Å². The van der Waals surface area contributed by atoms with E-state index < -0.39 is 0 Å². The summed E-state index contributed by atoms with van der Waals surface area (Å²) in [6.45, 7) is 5.28. The predicted octanol–water partition coefficient (Wildman–Crippen LogP) is 3.08. The molecule has 0 unspecified atom stereocenters. The van der Waals surface area contributed by atoms with E-state index in [9.17, 15) is 9.59 Å². The van der Waals surface area contributed by atoms with Crippen molar-refractivity contribution in [3.05, 3.63) is 64.8 Å². The van der Waals surface area contributed by atoms with Crippen molar-refractivity contribution in [2.24, 2.45) is 0 Å². The molecule has 0 N–H and O–H groups in total. The highest BCUT2D eigenvalue weighted by molar-refractivity contribution is 6.19. The molecule has 3 aromatic rings. The fourth-order valence-corrected chi connectivity index (χ4v) is 3.94. The van der Waals surface area contributed by atoms with Crippen molar-refractivity contribution in [3.8, 4) is 0 Å². The summed E-state index contributed by atoms with van der Waals surface area (Å²) in [5.74, 6) is 0.465. The standard InChI is InChI=1S/C23H27N5O4/c1-16-21(17(2)32-25-16)14-27-13-20(11-24-27)28-22(29)15-26(23(28)30)12-19-8-5-4-7-18(19)9-6-10-31-3/h4-5,7-8,11,13H,6,9-10,12,14-15H2,1-3H3. The Labute approximate surface area is 186 Å². The lowest BCUT2D eigenvalue weighted by Gasteiger charge is -2.18. The number of carbonyl (C=O) groups is 2. The number of benzene rings is 1. The second kappa shape index (κ2) is 9.35. The van der Waals surface area contributed by atoms with Gasteiger partial charge in [-0.05, 0) is 37.8 Å². The first-order valence-electron chi connectivity index (χ1n) is 10.6. The number of methoxy groups -OCH3 is 1. The summed E-state index contributed by atoms with van der Waals surface area (Å²) >= 11 is 0. The molecule has 3 amide bonds. The van der Waals surface area contributed by atoms with E-state index in [0.717, 1.165) is 41.0 Å². The predicted molar refractivity (Wildman–Crippen MR) is 117 cm³/mol. The normalized spacial score (nSPS) is 14.1. The first-order chi connectivity index (χ1) is 15.5. The quantitative estimate of drug-likeness (QED) is 0.377. The maximum atomic E-state index is 13.1. The number of hydrogen-bond donors (Lipinski definition) is 0. The first kappa shape index (κ1) is 21.8. The summed E-state index contributed by atoms with van der Waals surface area (Å²) in [6.07, 6.45) is 5.00. The van der Waals surface area contributed by atoms with E-state index >= 15 is 0 Å². The number of rotatable bonds is 9. The molecular weight excluding hydrogens is 410 g/mol. The molecule has 32 heavy (non-hydrogen) atoms. The van der Waals surface area contributed by atoms with Crippen molar-refractivity contribution in [1.82, 2.24) is 19.8 Å². The molecule has 0 aliphatic carbocycles. The van der Waals surface area contributed by atoms with Crippen LogP contribution < -0.4 is 4.90 Å². The highest BCUT2D eigenvalue weighted by atomic mass is 16.5. The molecule has 1 aliphatic rings. The van der Waals surface area contributed by atoms with Gasteiger partial charge in [-0.25, -0.2) is 9.69 Å². The average Bonchev–Trinajstić information content (AvgIpc) is 3.44. The van der Waals surface area contributed by atoms with Gasteiger partial charge in [-0.1, -0.05) is 29.4 Å². The lowest BCUT2D eigenvalue weighted by atomic mass is 10.0. The van der Waals surface area contributed by atoms with E-state index in [2.05, 4.69) is 16.3 Å². The molecule has 9 nitrogen and oxygen atoms in total. The fourth-order valence-electron chi connectivity index (χ4n) is 3.94. The molecule has 9 heteroatoms. The van der Waals surface area contributed by atoms with Gasteiger partial charge in [0.15, 0.2) is 0 Å². The van der Waals surface area contributed by atoms with Crippen LogP contribution in [0.4, 0.5) is 10.5 Å². The molecule has 0 bridgehead atoms. The zero-order valence-electron chi connectivity index (χ0n) is 18.6. The highest BCUT2D eigenvalue weighted by Crippen LogP contribution is 2.24. The number of hydrogen-bond acceptors (Lipinski definition) is 6. The van der Waals surface area contributed by atoms with Crippen LogP contribution in [0.2, 0.25) is 0 Å². The highest BCUT2D eigenvalue weighted by Gasteiger charge is 2.38. The molecule has 168 valence electrons. The molecule has 0 radical (unpaired) electrons. The summed E-state index contributed by atoms with van der Waals surface area (Å²) in [5, 5.41) is 8.28. The monoisotopic (exact) mass is 437 g/mol. The van der Waals surface area contributed by atoms with Crippen molar-refractivity contribution in [2.45, 2.75) is 39.8 Å². The maximum Gasteiger partial charge on any atom is 0.332 e. The number of anilines is 1. The van der Waals surface area contributed by atoms with Gasteiger partial charge in [0.2, 0.25) is 0 Å². The Hall–Kier alpha value is -3.46. The molecule has 1 saturated heterocycles. The number of aromatic nitrogens is 3. The van der Waals surface area contributed by atoms with Crippen LogP contribution >= 0.6 is 0 Å². The van der Waals surface area contributed by atoms with Gasteiger partial charge in [0.25, 0.3) is 5.91 Å². The molecule has 4 rings (SSSR count). The lowest BCUT2D eigenvalue weighted by molar-refractivity contribution is -0.116. The number of urea groups is 1. The van der Waals surface area contributed by atoms with E-state index in [1.54, 1.807) is 22.9 Å². The minimum atomic E-state index is -0.335. The summed E-state index contributed by atoms with van der Waals surface area (Å²) in [4.78, 5) is 28.5. The molecule has 0 spiro atoms. The van der Waals surface area contributed by atoms with Gasteiger partial charge in [0, 0.05) is 32.0 Å². The van der Waals surface area contributed by atoms with E-state index in [4.69, 9.17) is 9.26 Å². The van der Waals surface area contributed by atoms with Crippen LogP contribution in [-0.2, 0) is 29.0 Å². The summed E-state index contributed by atoms with van der Waals surface area (Å²) < 4.78 is 12.0. The Morgan fingerprint density at radius 3 is 2.62 bits per heavy atom. The van der Waals surface area contributed by atoms with Gasteiger partial charge in [-0.2, -0.15) is 5.10 Å². The minimum Gasteiger partial charge on any atom is -0.385 e. The lowest BCUT2D eigenvalue weighted by Crippen LogP contribution is -2.32. The third-order valence-corrected chi connectivity index (χ3v) is 5.69. The SMILES string of the molecule is COCCCc1ccccc1CN1CC(=O)N(c2cnn(Cc3c(C)noc3C)c2)C1=O. The summed E-state index contributed by atoms with van der Waals surface area (Å²) in [6, 6.07) is 7.67. The van der Waals surface area contributed by atoms with E-state index in [1.165, 1.54) is 11.1 Å². The average molecular weight is 438 g/mol. The van der Waals surface area contributed by atoms with Gasteiger partial charge < -0.3 is 14.2 Å². The molecule has 2 aromatic heterocycles. The Balaban J connectivity index is 1.47. The summed E-state index contributed by atoms with van der Waals surface area (Å²) in [5.41, 5.74) is 4.40. The van der Waals surface area contributed by atoms with Crippen molar-refractivity contribution >= 4 is 17.6 Å². The number of carbonyl (C=O) groups excluding carboxylic acids is 2. The molecule has 1 aliphatic heterocycles. The number of aryl methyl sites for hydroxylation is 3. The van der Waals surface area contributed by atoms with E-state index in [1.807, 2.05) is 32.0 Å². The van der Waals surface area contributed by atoms with Crippen molar-refractivity contribution in [2.75, 3.05) is 25.2 Å². The third kappa shape index (κ3) is 4.43. The largest absolute Gasteiger partial charge is 0.385 e. The smallest absolute Gasteiger partial charge is 0.332 e. The van der Waals surface area contributed by atoms with Crippen molar-refractivity contribution in [1.29, 1.82) is 0 Å². The van der Waals surface area contributed by atoms with Crippen LogP contribution in [0.15, 0.2) is 41.2 Å². The molecular formula is C23H27N5O4. The number of amides is 3. The van der Waals surface area contributed by atoms with Crippen LogP contribution in [0.5, 0.6) is 0 Å². The topological polar surface area (TPSA) is 93.7 Å². The first-order valence-corrected chi connectivity index (χ1v) is 10.6. The zero-order chi connectivity index (χ0) is 22.7. The molecule has 0 saturated carbocycles. The zero-order valence-corrected chi connectivity index (χ0v) is 18.6. The number of nitrogens with zero attached hydrogens (tertiary/aromatic N) is 5. The molecule has 1 aromatic carbocycles. The Morgan fingerprint density at radius 1 is 1.12 bits per heavy atom. The van der Waals surface area contributed by atoms with Gasteiger partial charge >= 0.3 is 6.03 Å². The van der Waals surface area contributed by atoms with Crippen LogP contribution in [-0.4, -0.2) is 52.0 Å². The van der Waals surface area contributed by atoms with Crippen LogP contribution in [0.1, 0.15) is 34.6 Å². The van der Waals surface area contributed by atoms with Crippen LogP contribution in [0.3, 0.4) is 0 Å². The molecule has 1 fully saturated rings. The number of ether oxygens (including phenoxy) is 1. The maximum absolute atomic E-state index is 13.1.